The lowest BCUT2D eigenvalue weighted by molar-refractivity contribution is -0.132. The first-order chi connectivity index (χ1) is 13.1. The van der Waals surface area contributed by atoms with Crippen LogP contribution in [-0.2, 0) is 16.0 Å². The van der Waals surface area contributed by atoms with Gasteiger partial charge in [0.05, 0.1) is 14.2 Å². The van der Waals surface area contributed by atoms with E-state index in [1.807, 2.05) is 23.1 Å². The van der Waals surface area contributed by atoms with Gasteiger partial charge >= 0.3 is 0 Å². The lowest BCUT2D eigenvalue weighted by Gasteiger charge is -2.32. The Bertz CT molecular complexity index is 630. The molecular weight excluding hydrogens is 368 g/mol. The molecular formula is C20H29ClN2O4. The predicted octanol–water partition coefficient (Wildman–Crippen LogP) is 2.76. The summed E-state index contributed by atoms with van der Waals surface area (Å²) in [6.45, 7) is 1.37. The number of hydrogen-bond donors (Lipinski definition) is 1. The number of benzene rings is 1. The number of methoxy groups -OCH3 is 2. The van der Waals surface area contributed by atoms with Gasteiger partial charge in [-0.2, -0.15) is 0 Å². The second kappa shape index (κ2) is 11.0. The standard InChI is InChI=1S/C20H29ClN2O4/c1-26-17-7-5-15(14-18(17)27-2)6-8-20(25)23-12-9-16(10-13-23)22-19(24)4-3-11-21/h5,7,14,16H,3-4,6,8-13H2,1-2H3,(H,22,24). The minimum atomic E-state index is 0.0499. The number of nitrogens with one attached hydrogen (secondary N) is 1. The van der Waals surface area contributed by atoms with Gasteiger partial charge in [0.15, 0.2) is 11.5 Å². The summed E-state index contributed by atoms with van der Waals surface area (Å²) in [4.78, 5) is 26.2. The van der Waals surface area contributed by atoms with Gasteiger partial charge in [-0.25, -0.2) is 0 Å². The highest BCUT2D eigenvalue weighted by Gasteiger charge is 2.23. The van der Waals surface area contributed by atoms with Crippen LogP contribution in [-0.4, -0.2) is 55.9 Å². The number of hydrogen-bond acceptors (Lipinski definition) is 4. The Morgan fingerprint density at radius 2 is 1.85 bits per heavy atom. The Balaban J connectivity index is 1.75. The number of ether oxygens (including phenoxy) is 2. The fourth-order valence-corrected chi connectivity index (χ4v) is 3.38. The van der Waals surface area contributed by atoms with Crippen molar-refractivity contribution in [3.8, 4) is 11.5 Å². The van der Waals surface area contributed by atoms with Gasteiger partial charge in [0.2, 0.25) is 11.8 Å². The van der Waals surface area contributed by atoms with E-state index in [9.17, 15) is 9.59 Å². The van der Waals surface area contributed by atoms with E-state index in [0.29, 0.717) is 56.2 Å². The number of alkyl halides is 1. The molecule has 7 heteroatoms. The molecule has 1 aromatic carbocycles. The van der Waals surface area contributed by atoms with Crippen molar-refractivity contribution >= 4 is 23.4 Å². The fourth-order valence-electron chi connectivity index (χ4n) is 3.25. The highest BCUT2D eigenvalue weighted by molar-refractivity contribution is 6.17. The zero-order valence-electron chi connectivity index (χ0n) is 16.1. The smallest absolute Gasteiger partial charge is 0.222 e. The molecule has 0 spiro atoms. The van der Waals surface area contributed by atoms with Crippen LogP contribution in [0, 0.1) is 0 Å². The normalized spacial score (nSPS) is 14.7. The average Bonchev–Trinajstić information content (AvgIpc) is 2.70. The maximum Gasteiger partial charge on any atom is 0.222 e. The van der Waals surface area contributed by atoms with Crippen molar-refractivity contribution in [1.82, 2.24) is 10.2 Å². The molecule has 0 saturated carbocycles. The molecule has 1 heterocycles. The monoisotopic (exact) mass is 396 g/mol. The summed E-state index contributed by atoms with van der Waals surface area (Å²) >= 11 is 5.61. The Labute approximate surface area is 166 Å². The second-order valence-electron chi connectivity index (χ2n) is 6.70. The van der Waals surface area contributed by atoms with Crippen LogP contribution >= 0.6 is 11.6 Å². The van der Waals surface area contributed by atoms with Gasteiger partial charge in [-0.3, -0.25) is 9.59 Å². The summed E-state index contributed by atoms with van der Waals surface area (Å²) in [5.41, 5.74) is 1.04. The predicted molar refractivity (Wildman–Crippen MR) is 106 cm³/mol. The summed E-state index contributed by atoms with van der Waals surface area (Å²) in [7, 11) is 3.20. The molecule has 0 bridgehead atoms. The van der Waals surface area contributed by atoms with E-state index < -0.39 is 0 Å². The lowest BCUT2D eigenvalue weighted by Crippen LogP contribution is -2.46. The maximum absolute atomic E-state index is 12.5. The van der Waals surface area contributed by atoms with Crippen molar-refractivity contribution in [3.63, 3.8) is 0 Å². The molecule has 2 amide bonds. The van der Waals surface area contributed by atoms with Gasteiger partial charge in [-0.15, -0.1) is 11.6 Å². The van der Waals surface area contributed by atoms with Crippen LogP contribution in [0.4, 0.5) is 0 Å². The molecule has 1 aromatic rings. The minimum absolute atomic E-state index is 0.0499. The molecule has 1 fully saturated rings. The van der Waals surface area contributed by atoms with Crippen LogP contribution in [0.1, 0.15) is 37.7 Å². The SMILES string of the molecule is COc1ccc(CCC(=O)N2CCC(NC(=O)CCCCl)CC2)cc1OC. The number of halogens is 1. The van der Waals surface area contributed by atoms with E-state index in [4.69, 9.17) is 21.1 Å². The first-order valence-electron chi connectivity index (χ1n) is 9.41. The molecule has 0 aromatic heterocycles. The molecule has 27 heavy (non-hydrogen) atoms. The van der Waals surface area contributed by atoms with Gasteiger partial charge in [-0.1, -0.05) is 6.07 Å². The van der Waals surface area contributed by atoms with Crippen molar-refractivity contribution in [1.29, 1.82) is 0 Å². The van der Waals surface area contributed by atoms with Crippen LogP contribution in [0.25, 0.3) is 0 Å². The second-order valence-corrected chi connectivity index (χ2v) is 7.08. The Morgan fingerprint density at radius 1 is 1.15 bits per heavy atom. The summed E-state index contributed by atoms with van der Waals surface area (Å²) in [5, 5.41) is 3.03. The van der Waals surface area contributed by atoms with Gasteiger partial charge in [0.25, 0.3) is 0 Å². The third-order valence-electron chi connectivity index (χ3n) is 4.83. The van der Waals surface area contributed by atoms with E-state index in [1.54, 1.807) is 14.2 Å². The van der Waals surface area contributed by atoms with Crippen LogP contribution in [0.15, 0.2) is 18.2 Å². The fraction of sp³-hybridized carbons (Fsp3) is 0.600. The van der Waals surface area contributed by atoms with Crippen LogP contribution in [0.5, 0.6) is 11.5 Å². The van der Waals surface area contributed by atoms with Gasteiger partial charge in [-0.05, 0) is 43.4 Å². The zero-order chi connectivity index (χ0) is 19.6. The summed E-state index contributed by atoms with van der Waals surface area (Å²) in [6.07, 6.45) is 3.88. The van der Waals surface area contributed by atoms with Gasteiger partial charge in [0, 0.05) is 37.9 Å². The molecule has 6 nitrogen and oxygen atoms in total. The highest BCUT2D eigenvalue weighted by Crippen LogP contribution is 2.28. The third-order valence-corrected chi connectivity index (χ3v) is 5.09. The topological polar surface area (TPSA) is 67.9 Å². The number of likely N-dealkylation sites (tertiary alicyclic amines) is 1. The molecule has 1 saturated heterocycles. The van der Waals surface area contributed by atoms with Crippen molar-refractivity contribution in [3.05, 3.63) is 23.8 Å². The van der Waals surface area contributed by atoms with Crippen LogP contribution in [0.2, 0.25) is 0 Å². The van der Waals surface area contributed by atoms with Crippen molar-refractivity contribution in [2.45, 2.75) is 44.6 Å². The Hall–Kier alpha value is -1.95. The van der Waals surface area contributed by atoms with Gasteiger partial charge in [0.1, 0.15) is 0 Å². The largest absolute Gasteiger partial charge is 0.493 e. The number of carbonyl (C=O) groups is 2. The molecule has 1 aliphatic heterocycles. The lowest BCUT2D eigenvalue weighted by atomic mass is 10.0. The molecule has 150 valence electrons. The molecule has 1 N–H and O–H groups in total. The van der Waals surface area contributed by atoms with E-state index in [1.165, 1.54) is 0 Å². The number of carbonyl (C=O) groups excluding carboxylic acids is 2. The zero-order valence-corrected chi connectivity index (χ0v) is 16.9. The van der Waals surface area contributed by atoms with Crippen LogP contribution in [0.3, 0.4) is 0 Å². The molecule has 0 atom stereocenters. The van der Waals surface area contributed by atoms with E-state index >= 15 is 0 Å². The van der Waals surface area contributed by atoms with Gasteiger partial charge < -0.3 is 19.7 Å². The van der Waals surface area contributed by atoms with Crippen molar-refractivity contribution in [2.75, 3.05) is 33.2 Å². The van der Waals surface area contributed by atoms with E-state index in [2.05, 4.69) is 5.32 Å². The number of rotatable bonds is 9. The molecule has 1 aliphatic rings. The van der Waals surface area contributed by atoms with Crippen molar-refractivity contribution < 1.29 is 19.1 Å². The number of amides is 2. The molecule has 0 radical (unpaired) electrons. The summed E-state index contributed by atoms with van der Waals surface area (Å²) in [5.74, 6) is 2.06. The summed E-state index contributed by atoms with van der Waals surface area (Å²) in [6, 6.07) is 5.88. The Kier molecular flexibility index (Phi) is 8.72. The first-order valence-corrected chi connectivity index (χ1v) is 9.94. The van der Waals surface area contributed by atoms with E-state index in [-0.39, 0.29) is 17.9 Å². The molecule has 0 aliphatic carbocycles. The Morgan fingerprint density at radius 3 is 2.48 bits per heavy atom. The molecule has 2 rings (SSSR count). The van der Waals surface area contributed by atoms with Crippen LogP contribution < -0.4 is 14.8 Å². The number of aryl methyl sites for hydroxylation is 1. The quantitative estimate of drug-likeness (QED) is 0.652. The summed E-state index contributed by atoms with van der Waals surface area (Å²) < 4.78 is 10.5. The van der Waals surface area contributed by atoms with E-state index in [0.717, 1.165) is 18.4 Å². The molecule has 0 unspecified atom stereocenters. The maximum atomic E-state index is 12.5. The highest BCUT2D eigenvalue weighted by atomic mass is 35.5. The first kappa shape index (κ1) is 21.4. The van der Waals surface area contributed by atoms with Crippen molar-refractivity contribution in [2.24, 2.45) is 0 Å². The minimum Gasteiger partial charge on any atom is -0.493 e. The third kappa shape index (κ3) is 6.61. The number of piperidine rings is 1. The number of nitrogens with zero attached hydrogens (tertiary/aromatic N) is 1. The average molecular weight is 397 g/mol.